The van der Waals surface area contributed by atoms with E-state index in [1.54, 1.807) is 30.3 Å². The van der Waals surface area contributed by atoms with E-state index in [0.717, 1.165) is 5.56 Å². The summed E-state index contributed by atoms with van der Waals surface area (Å²) in [6.07, 6.45) is 0.401. The predicted molar refractivity (Wildman–Crippen MR) is 71.6 cm³/mol. The van der Waals surface area contributed by atoms with E-state index < -0.39 is 0 Å². The normalized spacial score (nSPS) is 10.8. The molecule has 0 spiro atoms. The van der Waals surface area contributed by atoms with E-state index in [1.807, 2.05) is 6.07 Å². The highest BCUT2D eigenvalue weighted by molar-refractivity contribution is 5.77. The van der Waals surface area contributed by atoms with Crippen LogP contribution in [0.25, 0.3) is 10.9 Å². The lowest BCUT2D eigenvalue weighted by molar-refractivity contribution is 0.626. The van der Waals surface area contributed by atoms with Crippen molar-refractivity contribution < 1.29 is 4.39 Å². The van der Waals surface area contributed by atoms with Crippen LogP contribution in [0.5, 0.6) is 0 Å². The SMILES string of the molecule is O=c1[nH]c(Cc2cccc(F)c2)nc2ccccc12. The van der Waals surface area contributed by atoms with Gasteiger partial charge in [0.1, 0.15) is 11.6 Å². The summed E-state index contributed by atoms with van der Waals surface area (Å²) in [5, 5.41) is 0.561. The number of para-hydroxylation sites is 1. The molecule has 94 valence electrons. The fraction of sp³-hybridized carbons (Fsp3) is 0.0667. The number of benzene rings is 2. The largest absolute Gasteiger partial charge is 0.310 e. The summed E-state index contributed by atoms with van der Waals surface area (Å²) in [4.78, 5) is 19.0. The summed E-state index contributed by atoms with van der Waals surface area (Å²) in [5.74, 6) is 0.245. The fourth-order valence-electron chi connectivity index (χ4n) is 2.06. The van der Waals surface area contributed by atoms with Gasteiger partial charge < -0.3 is 4.98 Å². The van der Waals surface area contributed by atoms with Gasteiger partial charge in [0.2, 0.25) is 0 Å². The molecule has 3 nitrogen and oxygen atoms in total. The van der Waals surface area contributed by atoms with Gasteiger partial charge in [-0.1, -0.05) is 24.3 Å². The van der Waals surface area contributed by atoms with Crippen LogP contribution in [0.15, 0.2) is 53.3 Å². The number of hydrogen-bond donors (Lipinski definition) is 1. The standard InChI is InChI=1S/C15H11FN2O/c16-11-5-3-4-10(8-11)9-14-17-13-7-2-1-6-12(13)15(19)18-14/h1-8H,9H2,(H,17,18,19). The average molecular weight is 254 g/mol. The molecule has 2 aromatic carbocycles. The zero-order valence-corrected chi connectivity index (χ0v) is 10.1. The summed E-state index contributed by atoms with van der Waals surface area (Å²) >= 11 is 0. The second-order valence-electron chi connectivity index (χ2n) is 4.34. The molecule has 0 unspecified atom stereocenters. The molecule has 0 radical (unpaired) electrons. The average Bonchev–Trinajstić information content (AvgIpc) is 2.39. The van der Waals surface area contributed by atoms with Crippen LogP contribution in [0.3, 0.4) is 0 Å². The molecule has 0 saturated carbocycles. The zero-order chi connectivity index (χ0) is 13.2. The van der Waals surface area contributed by atoms with Crippen molar-refractivity contribution in [2.45, 2.75) is 6.42 Å². The maximum atomic E-state index is 13.1. The lowest BCUT2D eigenvalue weighted by Crippen LogP contribution is -2.12. The smallest absolute Gasteiger partial charge is 0.258 e. The maximum Gasteiger partial charge on any atom is 0.258 e. The monoisotopic (exact) mass is 254 g/mol. The van der Waals surface area contributed by atoms with Crippen molar-refractivity contribution in [3.8, 4) is 0 Å². The van der Waals surface area contributed by atoms with Crippen LogP contribution in [0.1, 0.15) is 11.4 Å². The van der Waals surface area contributed by atoms with E-state index in [1.165, 1.54) is 12.1 Å². The Balaban J connectivity index is 2.04. The third kappa shape index (κ3) is 2.38. The highest BCUT2D eigenvalue weighted by Crippen LogP contribution is 2.10. The Bertz CT molecular complexity index is 795. The van der Waals surface area contributed by atoms with Gasteiger partial charge in [0, 0.05) is 6.42 Å². The van der Waals surface area contributed by atoms with Crippen molar-refractivity contribution in [1.29, 1.82) is 0 Å². The summed E-state index contributed by atoms with van der Waals surface area (Å²) < 4.78 is 13.1. The summed E-state index contributed by atoms with van der Waals surface area (Å²) in [7, 11) is 0. The first-order valence-corrected chi connectivity index (χ1v) is 5.95. The third-order valence-corrected chi connectivity index (χ3v) is 2.92. The number of nitrogens with one attached hydrogen (secondary N) is 1. The molecule has 3 rings (SSSR count). The van der Waals surface area contributed by atoms with E-state index >= 15 is 0 Å². The molecule has 0 fully saturated rings. The number of nitrogens with zero attached hydrogens (tertiary/aromatic N) is 1. The fourth-order valence-corrected chi connectivity index (χ4v) is 2.06. The Morgan fingerprint density at radius 1 is 1.11 bits per heavy atom. The van der Waals surface area contributed by atoms with Gasteiger partial charge >= 0.3 is 0 Å². The van der Waals surface area contributed by atoms with Gasteiger partial charge in [0.25, 0.3) is 5.56 Å². The minimum absolute atomic E-state index is 0.169. The van der Waals surface area contributed by atoms with Gasteiger partial charge in [-0.25, -0.2) is 9.37 Å². The van der Waals surface area contributed by atoms with E-state index in [0.29, 0.717) is 23.1 Å². The van der Waals surface area contributed by atoms with E-state index in [4.69, 9.17) is 0 Å². The Kier molecular flexibility index (Phi) is 2.83. The Hall–Kier alpha value is -2.49. The van der Waals surface area contributed by atoms with Crippen molar-refractivity contribution in [1.82, 2.24) is 9.97 Å². The van der Waals surface area contributed by atoms with E-state index in [2.05, 4.69) is 9.97 Å². The molecule has 4 heteroatoms. The van der Waals surface area contributed by atoms with Gasteiger partial charge in [-0.2, -0.15) is 0 Å². The van der Waals surface area contributed by atoms with Gasteiger partial charge in [-0.3, -0.25) is 4.79 Å². The quantitative estimate of drug-likeness (QED) is 0.764. The molecule has 0 atom stereocenters. The van der Waals surface area contributed by atoms with Crippen molar-refractivity contribution in [2.24, 2.45) is 0 Å². The molecule has 1 N–H and O–H groups in total. The summed E-state index contributed by atoms with van der Waals surface area (Å²) in [5.41, 5.74) is 1.26. The highest BCUT2D eigenvalue weighted by atomic mass is 19.1. The zero-order valence-electron chi connectivity index (χ0n) is 10.1. The van der Waals surface area contributed by atoms with E-state index in [9.17, 15) is 9.18 Å². The van der Waals surface area contributed by atoms with E-state index in [-0.39, 0.29) is 11.4 Å². The van der Waals surface area contributed by atoms with Crippen LogP contribution in [0.4, 0.5) is 4.39 Å². The lowest BCUT2D eigenvalue weighted by atomic mass is 10.1. The van der Waals surface area contributed by atoms with Crippen molar-refractivity contribution in [2.75, 3.05) is 0 Å². The molecule has 1 aromatic heterocycles. The second kappa shape index (κ2) is 4.65. The molecule has 0 saturated heterocycles. The van der Waals surface area contributed by atoms with Gasteiger partial charge in [0.15, 0.2) is 0 Å². The number of fused-ring (bicyclic) bond motifs is 1. The van der Waals surface area contributed by atoms with Crippen LogP contribution < -0.4 is 5.56 Å². The number of aromatic amines is 1. The predicted octanol–water partition coefficient (Wildman–Crippen LogP) is 2.65. The first kappa shape index (κ1) is 11.6. The molecule has 19 heavy (non-hydrogen) atoms. The van der Waals surface area contributed by atoms with Gasteiger partial charge in [-0.15, -0.1) is 0 Å². The molecule has 0 bridgehead atoms. The number of halogens is 1. The molecular formula is C15H11FN2O. The second-order valence-corrected chi connectivity index (χ2v) is 4.34. The lowest BCUT2D eigenvalue weighted by Gasteiger charge is -2.03. The molecule has 1 heterocycles. The van der Waals surface area contributed by atoms with Crippen LogP contribution in [0.2, 0.25) is 0 Å². The van der Waals surface area contributed by atoms with Crippen molar-refractivity contribution in [3.63, 3.8) is 0 Å². The van der Waals surface area contributed by atoms with Crippen LogP contribution >= 0.6 is 0 Å². The minimum Gasteiger partial charge on any atom is -0.310 e. The number of rotatable bonds is 2. The van der Waals surface area contributed by atoms with Gasteiger partial charge in [-0.05, 0) is 29.8 Å². The molecule has 0 aliphatic rings. The highest BCUT2D eigenvalue weighted by Gasteiger charge is 2.04. The molecular weight excluding hydrogens is 243 g/mol. The maximum absolute atomic E-state index is 13.1. The number of aromatic nitrogens is 2. The minimum atomic E-state index is -0.291. The molecule has 0 aliphatic heterocycles. The number of H-pyrrole nitrogens is 1. The third-order valence-electron chi connectivity index (χ3n) is 2.92. The Morgan fingerprint density at radius 2 is 1.95 bits per heavy atom. The van der Waals surface area contributed by atoms with Crippen LogP contribution in [0, 0.1) is 5.82 Å². The Morgan fingerprint density at radius 3 is 2.79 bits per heavy atom. The van der Waals surface area contributed by atoms with Crippen molar-refractivity contribution in [3.05, 3.63) is 76.1 Å². The first-order chi connectivity index (χ1) is 9.22. The first-order valence-electron chi connectivity index (χ1n) is 5.95. The number of hydrogen-bond acceptors (Lipinski definition) is 2. The summed E-state index contributed by atoms with van der Waals surface area (Å²) in [6, 6.07) is 13.4. The summed E-state index contributed by atoms with van der Waals surface area (Å²) in [6.45, 7) is 0. The molecule has 3 aromatic rings. The topological polar surface area (TPSA) is 45.8 Å². The van der Waals surface area contributed by atoms with Gasteiger partial charge in [0.05, 0.1) is 10.9 Å². The molecule has 0 amide bonds. The molecule has 0 aliphatic carbocycles. The van der Waals surface area contributed by atoms with Crippen LogP contribution in [-0.4, -0.2) is 9.97 Å². The Labute approximate surface area is 108 Å². The van der Waals surface area contributed by atoms with Crippen LogP contribution in [-0.2, 0) is 6.42 Å². The van der Waals surface area contributed by atoms with Crippen molar-refractivity contribution >= 4 is 10.9 Å².